The number of nitrogens with two attached hydrogens (primary N) is 1. The highest BCUT2D eigenvalue weighted by atomic mass is 15.2. The van der Waals surface area contributed by atoms with Crippen LogP contribution in [0.2, 0.25) is 0 Å². The van der Waals surface area contributed by atoms with Crippen molar-refractivity contribution in [2.75, 3.05) is 0 Å². The van der Waals surface area contributed by atoms with E-state index in [4.69, 9.17) is 5.84 Å². The van der Waals surface area contributed by atoms with Gasteiger partial charge in [-0.15, -0.1) is 0 Å². The van der Waals surface area contributed by atoms with Gasteiger partial charge in [0.1, 0.15) is 0 Å². The summed E-state index contributed by atoms with van der Waals surface area (Å²) in [4.78, 5) is 0. The molecule has 1 aliphatic carbocycles. The van der Waals surface area contributed by atoms with Crippen LogP contribution >= 0.6 is 0 Å². The highest BCUT2D eigenvalue weighted by Gasteiger charge is 2.17. The Labute approximate surface area is 130 Å². The van der Waals surface area contributed by atoms with Gasteiger partial charge in [0.25, 0.3) is 0 Å². The van der Waals surface area contributed by atoms with Crippen LogP contribution in [0.1, 0.15) is 76.0 Å². The van der Waals surface area contributed by atoms with Gasteiger partial charge >= 0.3 is 0 Å². The maximum Gasteiger partial charge on any atom is 0.0460 e. The SMILES string of the molecule is CC(C)Cc1cccc(C(CCC2CCCCC2)NN)c1. The second-order valence-corrected chi connectivity index (χ2v) is 7.14. The molecule has 1 fully saturated rings. The van der Waals surface area contributed by atoms with Crippen LogP contribution in [-0.4, -0.2) is 0 Å². The molecule has 1 aromatic rings. The molecule has 1 aromatic carbocycles. The monoisotopic (exact) mass is 288 g/mol. The fourth-order valence-electron chi connectivity index (χ4n) is 3.63. The lowest BCUT2D eigenvalue weighted by molar-refractivity contribution is 0.315. The van der Waals surface area contributed by atoms with Crippen molar-refractivity contribution in [1.29, 1.82) is 0 Å². The second kappa shape index (κ2) is 8.55. The summed E-state index contributed by atoms with van der Waals surface area (Å²) in [6, 6.07) is 9.27. The van der Waals surface area contributed by atoms with E-state index in [1.165, 1.54) is 49.7 Å². The van der Waals surface area contributed by atoms with Crippen LogP contribution in [0.5, 0.6) is 0 Å². The van der Waals surface area contributed by atoms with Crippen molar-refractivity contribution in [1.82, 2.24) is 5.43 Å². The van der Waals surface area contributed by atoms with Crippen LogP contribution in [0.15, 0.2) is 24.3 Å². The molecule has 1 saturated carbocycles. The molecule has 0 bridgehead atoms. The number of hydrogen-bond acceptors (Lipinski definition) is 2. The quantitative estimate of drug-likeness (QED) is 0.561. The van der Waals surface area contributed by atoms with Crippen molar-refractivity contribution < 1.29 is 0 Å². The molecule has 1 atom stereocenters. The molecule has 0 amide bonds. The zero-order chi connectivity index (χ0) is 15.1. The predicted molar refractivity (Wildman–Crippen MR) is 90.9 cm³/mol. The molecule has 2 rings (SSSR count). The van der Waals surface area contributed by atoms with Crippen molar-refractivity contribution in [2.24, 2.45) is 17.7 Å². The van der Waals surface area contributed by atoms with Gasteiger partial charge < -0.3 is 0 Å². The zero-order valence-electron chi connectivity index (χ0n) is 13.8. The number of nitrogens with one attached hydrogen (secondary N) is 1. The van der Waals surface area contributed by atoms with Gasteiger partial charge in [-0.1, -0.05) is 70.2 Å². The highest BCUT2D eigenvalue weighted by molar-refractivity contribution is 5.26. The molecule has 2 heteroatoms. The van der Waals surface area contributed by atoms with Gasteiger partial charge in [-0.05, 0) is 42.2 Å². The van der Waals surface area contributed by atoms with Crippen molar-refractivity contribution in [2.45, 2.75) is 71.3 Å². The first-order valence-electron chi connectivity index (χ1n) is 8.74. The van der Waals surface area contributed by atoms with Gasteiger partial charge in [0.2, 0.25) is 0 Å². The Morgan fingerprint density at radius 3 is 2.62 bits per heavy atom. The molecule has 0 saturated heterocycles. The summed E-state index contributed by atoms with van der Waals surface area (Å²) in [5, 5.41) is 0. The fraction of sp³-hybridized carbons (Fsp3) is 0.684. The van der Waals surface area contributed by atoms with Crippen molar-refractivity contribution >= 4 is 0 Å². The van der Waals surface area contributed by atoms with Crippen LogP contribution in [0.4, 0.5) is 0 Å². The lowest BCUT2D eigenvalue weighted by atomic mass is 9.84. The van der Waals surface area contributed by atoms with Gasteiger partial charge in [-0.3, -0.25) is 11.3 Å². The molecule has 0 aliphatic heterocycles. The molecular weight excluding hydrogens is 256 g/mol. The zero-order valence-corrected chi connectivity index (χ0v) is 13.8. The first kappa shape index (κ1) is 16.5. The average Bonchev–Trinajstić information content (AvgIpc) is 2.49. The Bertz CT molecular complexity index is 408. The molecule has 0 heterocycles. The fourth-order valence-corrected chi connectivity index (χ4v) is 3.63. The summed E-state index contributed by atoms with van der Waals surface area (Å²) in [5.41, 5.74) is 5.82. The number of hydrogen-bond donors (Lipinski definition) is 2. The molecule has 2 nitrogen and oxygen atoms in total. The normalized spacial score (nSPS) is 18.1. The summed E-state index contributed by atoms with van der Waals surface area (Å²) in [6.45, 7) is 4.54. The van der Waals surface area contributed by atoms with E-state index in [1.54, 1.807) is 0 Å². The Kier molecular flexibility index (Phi) is 6.72. The Morgan fingerprint density at radius 2 is 1.95 bits per heavy atom. The third-order valence-electron chi connectivity index (χ3n) is 4.79. The number of benzene rings is 1. The Morgan fingerprint density at radius 1 is 1.19 bits per heavy atom. The van der Waals surface area contributed by atoms with Crippen LogP contribution in [0.3, 0.4) is 0 Å². The Hall–Kier alpha value is -0.860. The first-order valence-corrected chi connectivity index (χ1v) is 8.74. The third kappa shape index (κ3) is 5.44. The lowest BCUT2D eigenvalue weighted by Gasteiger charge is -2.24. The summed E-state index contributed by atoms with van der Waals surface area (Å²) >= 11 is 0. The standard InChI is InChI=1S/C19H32N2/c1-15(2)13-17-9-6-10-18(14-17)19(21-20)12-11-16-7-4-3-5-8-16/h6,9-10,14-16,19,21H,3-5,7-8,11-13,20H2,1-2H3. The van der Waals surface area contributed by atoms with Crippen molar-refractivity contribution in [3.63, 3.8) is 0 Å². The smallest absolute Gasteiger partial charge is 0.0460 e. The molecule has 1 aliphatic rings. The summed E-state index contributed by atoms with van der Waals surface area (Å²) in [6.07, 6.45) is 10.7. The summed E-state index contributed by atoms with van der Waals surface area (Å²) in [7, 11) is 0. The molecule has 118 valence electrons. The number of rotatable bonds is 7. The van der Waals surface area contributed by atoms with Crippen LogP contribution in [-0.2, 0) is 6.42 Å². The van der Waals surface area contributed by atoms with E-state index in [0.717, 1.165) is 18.8 Å². The van der Waals surface area contributed by atoms with E-state index >= 15 is 0 Å². The summed E-state index contributed by atoms with van der Waals surface area (Å²) in [5.74, 6) is 7.45. The lowest BCUT2D eigenvalue weighted by Crippen LogP contribution is -2.28. The largest absolute Gasteiger partial charge is 0.271 e. The van der Waals surface area contributed by atoms with Gasteiger partial charge in [0.05, 0.1) is 0 Å². The van der Waals surface area contributed by atoms with E-state index in [9.17, 15) is 0 Å². The summed E-state index contributed by atoms with van der Waals surface area (Å²) < 4.78 is 0. The molecule has 21 heavy (non-hydrogen) atoms. The minimum Gasteiger partial charge on any atom is -0.271 e. The second-order valence-electron chi connectivity index (χ2n) is 7.14. The molecule has 3 N–H and O–H groups in total. The van der Waals surface area contributed by atoms with E-state index in [2.05, 4.69) is 43.5 Å². The first-order chi connectivity index (χ1) is 10.2. The van der Waals surface area contributed by atoms with Crippen LogP contribution in [0, 0.1) is 11.8 Å². The van der Waals surface area contributed by atoms with Gasteiger partial charge in [0, 0.05) is 6.04 Å². The molecule has 0 aromatic heterocycles. The van der Waals surface area contributed by atoms with E-state index < -0.39 is 0 Å². The van der Waals surface area contributed by atoms with Gasteiger partial charge in [0.15, 0.2) is 0 Å². The number of hydrazine groups is 1. The Balaban J connectivity index is 1.92. The van der Waals surface area contributed by atoms with Crippen LogP contribution in [0.25, 0.3) is 0 Å². The van der Waals surface area contributed by atoms with Crippen molar-refractivity contribution in [3.05, 3.63) is 35.4 Å². The van der Waals surface area contributed by atoms with Crippen molar-refractivity contribution in [3.8, 4) is 0 Å². The third-order valence-corrected chi connectivity index (χ3v) is 4.79. The maximum atomic E-state index is 5.82. The maximum absolute atomic E-state index is 5.82. The minimum atomic E-state index is 0.305. The van der Waals surface area contributed by atoms with E-state index in [0.29, 0.717) is 12.0 Å². The topological polar surface area (TPSA) is 38.0 Å². The average molecular weight is 288 g/mol. The predicted octanol–water partition coefficient (Wildman–Crippen LogP) is 4.75. The molecule has 0 spiro atoms. The molecule has 0 radical (unpaired) electrons. The van der Waals surface area contributed by atoms with E-state index in [1.807, 2.05) is 0 Å². The molecular formula is C19H32N2. The van der Waals surface area contributed by atoms with Gasteiger partial charge in [-0.25, -0.2) is 0 Å². The van der Waals surface area contributed by atoms with E-state index in [-0.39, 0.29) is 0 Å². The van der Waals surface area contributed by atoms with Crippen LogP contribution < -0.4 is 11.3 Å². The minimum absolute atomic E-state index is 0.305. The van der Waals surface area contributed by atoms with Gasteiger partial charge in [-0.2, -0.15) is 0 Å². The highest BCUT2D eigenvalue weighted by Crippen LogP contribution is 2.30. The molecule has 1 unspecified atom stereocenters.